The van der Waals surface area contributed by atoms with Crippen molar-refractivity contribution in [2.24, 2.45) is 11.7 Å². The van der Waals surface area contributed by atoms with E-state index in [9.17, 15) is 4.79 Å². The molecule has 0 aromatic heterocycles. The number of hydrogen-bond acceptors (Lipinski definition) is 4. The van der Waals surface area contributed by atoms with Crippen LogP contribution >= 0.6 is 0 Å². The van der Waals surface area contributed by atoms with Crippen LogP contribution in [-0.2, 0) is 14.3 Å². The Morgan fingerprint density at radius 3 is 2.53 bits per heavy atom. The summed E-state index contributed by atoms with van der Waals surface area (Å²) < 4.78 is 10.6. The van der Waals surface area contributed by atoms with Gasteiger partial charge in [0.1, 0.15) is 6.61 Å². The Bertz CT molecular complexity index is 198. The Kier molecular flexibility index (Phi) is 10.1. The molecule has 0 aliphatic carbocycles. The lowest BCUT2D eigenvalue weighted by Crippen LogP contribution is -2.32. The number of hydrogen-bond donors (Lipinski definition) is 1. The zero-order chi connectivity index (χ0) is 13.1. The van der Waals surface area contributed by atoms with Crippen LogP contribution in [0.5, 0.6) is 0 Å². The third-order valence-electron chi connectivity index (χ3n) is 2.17. The van der Waals surface area contributed by atoms with E-state index in [1.165, 1.54) is 0 Å². The Labute approximate surface area is 104 Å². The first-order valence-corrected chi connectivity index (χ1v) is 6.17. The van der Waals surface area contributed by atoms with E-state index in [2.05, 4.69) is 13.8 Å². The second-order valence-corrected chi connectivity index (χ2v) is 4.48. The van der Waals surface area contributed by atoms with Crippen LogP contribution in [0.3, 0.4) is 0 Å². The van der Waals surface area contributed by atoms with Crippen molar-refractivity contribution in [1.29, 1.82) is 0 Å². The van der Waals surface area contributed by atoms with Gasteiger partial charge < -0.3 is 20.1 Å². The van der Waals surface area contributed by atoms with Crippen LogP contribution in [0.2, 0.25) is 0 Å². The number of ether oxygens (including phenoxy) is 2. The van der Waals surface area contributed by atoms with Gasteiger partial charge in [0.05, 0.1) is 13.2 Å². The summed E-state index contributed by atoms with van der Waals surface area (Å²) in [6.07, 6.45) is 0.819. The van der Waals surface area contributed by atoms with E-state index in [1.807, 2.05) is 0 Å². The average Bonchev–Trinajstić information content (AvgIpc) is 2.29. The van der Waals surface area contributed by atoms with Gasteiger partial charge in [-0.2, -0.15) is 0 Å². The van der Waals surface area contributed by atoms with E-state index < -0.39 is 0 Å². The molecule has 0 saturated heterocycles. The SMILES string of the molecule is CC(C)COCCOCC(=O)N(C)CCCN. The molecule has 5 heteroatoms. The highest BCUT2D eigenvalue weighted by atomic mass is 16.5. The summed E-state index contributed by atoms with van der Waals surface area (Å²) >= 11 is 0. The lowest BCUT2D eigenvalue weighted by Gasteiger charge is -2.16. The van der Waals surface area contributed by atoms with Crippen molar-refractivity contribution in [3.8, 4) is 0 Å². The summed E-state index contributed by atoms with van der Waals surface area (Å²) in [6.45, 7) is 7.32. The van der Waals surface area contributed by atoms with Crippen molar-refractivity contribution in [2.45, 2.75) is 20.3 Å². The maximum Gasteiger partial charge on any atom is 0.248 e. The molecule has 0 aliphatic rings. The highest BCUT2D eigenvalue weighted by molar-refractivity contribution is 5.77. The summed E-state index contributed by atoms with van der Waals surface area (Å²) in [4.78, 5) is 13.1. The van der Waals surface area contributed by atoms with Crippen molar-refractivity contribution in [3.05, 3.63) is 0 Å². The topological polar surface area (TPSA) is 64.8 Å². The highest BCUT2D eigenvalue weighted by Gasteiger charge is 2.07. The molecule has 17 heavy (non-hydrogen) atoms. The minimum atomic E-state index is -0.0118. The summed E-state index contributed by atoms with van der Waals surface area (Å²) in [5.41, 5.74) is 5.37. The molecule has 0 aliphatic heterocycles. The van der Waals surface area contributed by atoms with Gasteiger partial charge in [-0.1, -0.05) is 13.8 Å². The number of likely N-dealkylation sites (N-methyl/N-ethyl adjacent to an activating group) is 1. The molecule has 0 aromatic carbocycles. The van der Waals surface area contributed by atoms with Crippen LogP contribution in [0.1, 0.15) is 20.3 Å². The molecule has 5 nitrogen and oxygen atoms in total. The number of carbonyl (C=O) groups is 1. The number of rotatable bonds is 10. The van der Waals surface area contributed by atoms with Crippen LogP contribution in [0.15, 0.2) is 0 Å². The molecule has 102 valence electrons. The van der Waals surface area contributed by atoms with Crippen molar-refractivity contribution < 1.29 is 14.3 Å². The van der Waals surface area contributed by atoms with Gasteiger partial charge in [0.2, 0.25) is 5.91 Å². The normalized spacial score (nSPS) is 10.9. The van der Waals surface area contributed by atoms with E-state index in [-0.39, 0.29) is 12.5 Å². The summed E-state index contributed by atoms with van der Waals surface area (Å²) in [5, 5.41) is 0. The molecule has 0 unspecified atom stereocenters. The van der Waals surface area contributed by atoms with E-state index >= 15 is 0 Å². The average molecular weight is 246 g/mol. The van der Waals surface area contributed by atoms with Crippen LogP contribution in [0.25, 0.3) is 0 Å². The first-order chi connectivity index (χ1) is 8.07. The lowest BCUT2D eigenvalue weighted by molar-refractivity contribution is -0.135. The first kappa shape index (κ1) is 16.4. The van der Waals surface area contributed by atoms with E-state index in [4.69, 9.17) is 15.2 Å². The molecule has 0 rings (SSSR count). The second-order valence-electron chi connectivity index (χ2n) is 4.48. The molecule has 2 N–H and O–H groups in total. The molecular weight excluding hydrogens is 220 g/mol. The molecular formula is C12H26N2O3. The first-order valence-electron chi connectivity index (χ1n) is 6.17. The van der Waals surface area contributed by atoms with Crippen LogP contribution in [-0.4, -0.2) is 57.4 Å². The van der Waals surface area contributed by atoms with Gasteiger partial charge in [0.15, 0.2) is 0 Å². The van der Waals surface area contributed by atoms with Gasteiger partial charge in [-0.15, -0.1) is 0 Å². The predicted molar refractivity (Wildman–Crippen MR) is 67.8 cm³/mol. The molecule has 0 bridgehead atoms. The fourth-order valence-corrected chi connectivity index (χ4v) is 1.16. The van der Waals surface area contributed by atoms with Gasteiger partial charge in [-0.25, -0.2) is 0 Å². The summed E-state index contributed by atoms with van der Waals surface area (Å²) in [5.74, 6) is 0.515. The van der Waals surface area contributed by atoms with Crippen LogP contribution in [0, 0.1) is 5.92 Å². The fraction of sp³-hybridized carbons (Fsp3) is 0.917. The monoisotopic (exact) mass is 246 g/mol. The minimum Gasteiger partial charge on any atom is -0.379 e. The second kappa shape index (κ2) is 10.5. The minimum absolute atomic E-state index is 0.0118. The maximum atomic E-state index is 11.5. The van der Waals surface area contributed by atoms with Gasteiger partial charge in [-0.05, 0) is 18.9 Å². The van der Waals surface area contributed by atoms with Crippen LogP contribution < -0.4 is 5.73 Å². The summed E-state index contributed by atoms with van der Waals surface area (Å²) in [7, 11) is 1.76. The third kappa shape index (κ3) is 10.2. The largest absolute Gasteiger partial charge is 0.379 e. The Hall–Kier alpha value is -0.650. The van der Waals surface area contributed by atoms with Gasteiger partial charge in [0.25, 0.3) is 0 Å². The van der Waals surface area contributed by atoms with Crippen LogP contribution in [0.4, 0.5) is 0 Å². The summed E-state index contributed by atoms with van der Waals surface area (Å²) in [6, 6.07) is 0. The van der Waals surface area contributed by atoms with Gasteiger partial charge in [-0.3, -0.25) is 4.79 Å². The molecule has 0 saturated carbocycles. The zero-order valence-electron chi connectivity index (χ0n) is 11.3. The number of nitrogens with two attached hydrogens (primary N) is 1. The molecule has 0 spiro atoms. The molecule has 0 atom stereocenters. The van der Waals surface area contributed by atoms with Crippen molar-refractivity contribution in [2.75, 3.05) is 46.6 Å². The zero-order valence-corrected chi connectivity index (χ0v) is 11.3. The molecule has 0 radical (unpaired) electrons. The maximum absolute atomic E-state index is 11.5. The number of nitrogens with zero attached hydrogens (tertiary/aromatic N) is 1. The molecule has 1 amide bonds. The van der Waals surface area contributed by atoms with Crippen molar-refractivity contribution in [1.82, 2.24) is 4.90 Å². The smallest absolute Gasteiger partial charge is 0.248 e. The van der Waals surface area contributed by atoms with Crippen molar-refractivity contribution in [3.63, 3.8) is 0 Å². The molecule has 0 fully saturated rings. The van der Waals surface area contributed by atoms with Crippen molar-refractivity contribution >= 4 is 5.91 Å². The fourth-order valence-electron chi connectivity index (χ4n) is 1.16. The van der Waals surface area contributed by atoms with E-state index in [0.717, 1.165) is 13.0 Å². The number of carbonyl (C=O) groups excluding carboxylic acids is 1. The van der Waals surface area contributed by atoms with Gasteiger partial charge in [0, 0.05) is 20.2 Å². The Balaban J connectivity index is 3.38. The Morgan fingerprint density at radius 1 is 1.29 bits per heavy atom. The third-order valence-corrected chi connectivity index (χ3v) is 2.17. The lowest BCUT2D eigenvalue weighted by atomic mass is 10.2. The highest BCUT2D eigenvalue weighted by Crippen LogP contribution is 1.93. The van der Waals surface area contributed by atoms with Gasteiger partial charge >= 0.3 is 0 Å². The Morgan fingerprint density at radius 2 is 1.94 bits per heavy atom. The van der Waals surface area contributed by atoms with E-state index in [0.29, 0.717) is 32.2 Å². The molecule has 0 heterocycles. The molecule has 0 aromatic rings. The number of amides is 1. The quantitative estimate of drug-likeness (QED) is 0.570. The predicted octanol–water partition coefficient (Wildman–Crippen LogP) is 0.483. The standard InChI is InChI=1S/C12H26N2O3/c1-11(2)9-16-7-8-17-10-12(15)14(3)6-4-5-13/h11H,4-10,13H2,1-3H3. The van der Waals surface area contributed by atoms with E-state index in [1.54, 1.807) is 11.9 Å².